The molecular formula is C23H24F3N5O4. The van der Waals surface area contributed by atoms with Crippen molar-refractivity contribution in [1.29, 1.82) is 0 Å². The number of nitrogens with zero attached hydrogens (tertiary/aromatic N) is 2. The number of ether oxygens (including phenoxy) is 2. The van der Waals surface area contributed by atoms with Crippen LogP contribution in [0.4, 0.5) is 29.5 Å². The fourth-order valence-electron chi connectivity index (χ4n) is 3.88. The fraction of sp³-hybridized carbons (Fsp3) is 0.348. The summed E-state index contributed by atoms with van der Waals surface area (Å²) in [6.45, 7) is 1.34. The Morgan fingerprint density at radius 2 is 2.00 bits per heavy atom. The van der Waals surface area contributed by atoms with Gasteiger partial charge < -0.3 is 25.4 Å². The van der Waals surface area contributed by atoms with Crippen molar-refractivity contribution in [2.24, 2.45) is 0 Å². The second-order valence-electron chi connectivity index (χ2n) is 7.96. The van der Waals surface area contributed by atoms with Crippen LogP contribution in [0.25, 0.3) is 5.57 Å². The lowest BCUT2D eigenvalue weighted by atomic mass is 10.0. The molecular weight excluding hydrogens is 467 g/mol. The number of hydrogen-bond donors (Lipinski definition) is 3. The molecule has 1 atom stereocenters. The lowest BCUT2D eigenvalue weighted by Gasteiger charge is -2.30. The van der Waals surface area contributed by atoms with Gasteiger partial charge in [0.1, 0.15) is 12.3 Å². The number of alkyl halides is 3. The number of rotatable bonds is 6. The van der Waals surface area contributed by atoms with E-state index in [9.17, 15) is 22.8 Å². The smallest absolute Gasteiger partial charge is 0.406 e. The summed E-state index contributed by atoms with van der Waals surface area (Å²) in [5.74, 6) is -0.446. The fourth-order valence-corrected chi connectivity index (χ4v) is 3.88. The van der Waals surface area contributed by atoms with Gasteiger partial charge in [-0.2, -0.15) is 0 Å². The lowest BCUT2D eigenvalue weighted by Crippen LogP contribution is -2.49. The van der Waals surface area contributed by atoms with E-state index in [1.807, 2.05) is 6.08 Å². The van der Waals surface area contributed by atoms with Gasteiger partial charge in [-0.25, -0.2) is 9.78 Å². The summed E-state index contributed by atoms with van der Waals surface area (Å²) in [4.78, 5) is 31.4. The lowest BCUT2D eigenvalue weighted by molar-refractivity contribution is -0.274. The van der Waals surface area contributed by atoms with E-state index >= 15 is 0 Å². The van der Waals surface area contributed by atoms with Crippen LogP contribution in [0.15, 0.2) is 42.5 Å². The standard InChI is InChI=1S/C23H24F3N5O4/c1-34-13-19(14-2-4-16(5-3-14)35-23(24,25)26)30-22(33)31-12-20(32)28-18-7-6-17(29-21(18)31)15-8-10-27-11-9-15/h2-8,19,27H,9-13H2,1H3,(H,28,32)(H,30,33). The van der Waals surface area contributed by atoms with Crippen LogP contribution in [0.3, 0.4) is 0 Å². The quantitative estimate of drug-likeness (QED) is 0.573. The molecule has 3 N–H and O–H groups in total. The summed E-state index contributed by atoms with van der Waals surface area (Å²) in [7, 11) is 1.44. The summed E-state index contributed by atoms with van der Waals surface area (Å²) < 4.78 is 46.4. The van der Waals surface area contributed by atoms with Crippen molar-refractivity contribution in [2.45, 2.75) is 18.8 Å². The number of benzene rings is 1. The largest absolute Gasteiger partial charge is 0.573 e. The van der Waals surface area contributed by atoms with Crippen LogP contribution in [-0.2, 0) is 9.53 Å². The highest BCUT2D eigenvalue weighted by Crippen LogP contribution is 2.31. The molecule has 0 saturated heterocycles. The average molecular weight is 491 g/mol. The van der Waals surface area contributed by atoms with Gasteiger partial charge in [0, 0.05) is 13.7 Å². The van der Waals surface area contributed by atoms with Gasteiger partial charge in [0.05, 0.1) is 24.0 Å². The zero-order chi connectivity index (χ0) is 25.0. The van der Waals surface area contributed by atoms with Gasteiger partial charge in [-0.15, -0.1) is 13.2 Å². The van der Waals surface area contributed by atoms with E-state index in [2.05, 4.69) is 25.7 Å². The number of pyridine rings is 1. The summed E-state index contributed by atoms with van der Waals surface area (Å²) >= 11 is 0. The Bertz CT molecular complexity index is 1120. The predicted octanol–water partition coefficient (Wildman–Crippen LogP) is 3.21. The first kappa shape index (κ1) is 24.5. The molecule has 2 aliphatic rings. The van der Waals surface area contributed by atoms with E-state index in [1.54, 1.807) is 12.1 Å². The first-order valence-corrected chi connectivity index (χ1v) is 10.9. The Hall–Kier alpha value is -3.64. The van der Waals surface area contributed by atoms with E-state index in [0.29, 0.717) is 22.8 Å². The number of anilines is 2. The van der Waals surface area contributed by atoms with Gasteiger partial charge in [0.25, 0.3) is 0 Å². The van der Waals surface area contributed by atoms with Gasteiger partial charge >= 0.3 is 12.4 Å². The molecule has 3 amide bonds. The molecule has 1 aromatic carbocycles. The Kier molecular flexibility index (Phi) is 7.22. The number of amides is 3. The number of hydrogen-bond acceptors (Lipinski definition) is 6. The third-order valence-corrected chi connectivity index (χ3v) is 5.49. The number of carbonyl (C=O) groups is 2. The van der Waals surface area contributed by atoms with E-state index in [-0.39, 0.29) is 24.8 Å². The van der Waals surface area contributed by atoms with Crippen molar-refractivity contribution in [1.82, 2.24) is 15.6 Å². The van der Waals surface area contributed by atoms with Crippen LogP contribution in [0, 0.1) is 0 Å². The summed E-state index contributed by atoms with van der Waals surface area (Å²) in [5, 5.41) is 8.74. The number of carbonyl (C=O) groups excluding carboxylic acids is 2. The molecule has 9 nitrogen and oxygen atoms in total. The van der Waals surface area contributed by atoms with Crippen LogP contribution in [-0.4, -0.2) is 56.6 Å². The summed E-state index contributed by atoms with van der Waals surface area (Å²) in [6, 6.07) is 7.34. The minimum absolute atomic E-state index is 0.0471. The second kappa shape index (κ2) is 10.3. The Morgan fingerprint density at radius 3 is 2.66 bits per heavy atom. The molecule has 2 aromatic rings. The van der Waals surface area contributed by atoms with Crippen molar-refractivity contribution in [3.8, 4) is 5.75 Å². The molecule has 0 saturated carbocycles. The molecule has 0 bridgehead atoms. The van der Waals surface area contributed by atoms with Gasteiger partial charge in [0.2, 0.25) is 5.91 Å². The van der Waals surface area contributed by atoms with Gasteiger partial charge in [-0.3, -0.25) is 9.69 Å². The molecule has 12 heteroatoms. The van der Waals surface area contributed by atoms with Crippen molar-refractivity contribution >= 4 is 29.0 Å². The third-order valence-electron chi connectivity index (χ3n) is 5.49. The third kappa shape index (κ3) is 6.08. The first-order chi connectivity index (χ1) is 16.7. The summed E-state index contributed by atoms with van der Waals surface area (Å²) in [5.41, 5.74) is 2.67. The van der Waals surface area contributed by atoms with Gasteiger partial charge in [-0.05, 0) is 48.4 Å². The molecule has 4 rings (SSSR count). The number of halogens is 3. The van der Waals surface area contributed by atoms with Crippen LogP contribution < -0.4 is 25.6 Å². The molecule has 1 aromatic heterocycles. The minimum Gasteiger partial charge on any atom is -0.406 e. The maximum atomic E-state index is 13.2. The Labute approximate surface area is 199 Å². The van der Waals surface area contributed by atoms with E-state index in [4.69, 9.17) is 4.74 Å². The molecule has 2 aliphatic heterocycles. The predicted molar refractivity (Wildman–Crippen MR) is 122 cm³/mol. The molecule has 1 unspecified atom stereocenters. The molecule has 186 valence electrons. The highest BCUT2D eigenvalue weighted by Gasteiger charge is 2.32. The molecule has 0 aliphatic carbocycles. The topological polar surface area (TPSA) is 105 Å². The average Bonchev–Trinajstić information content (AvgIpc) is 2.83. The summed E-state index contributed by atoms with van der Waals surface area (Å²) in [6.07, 6.45) is -1.99. The molecule has 0 radical (unpaired) electrons. The maximum absolute atomic E-state index is 13.2. The van der Waals surface area contributed by atoms with Crippen molar-refractivity contribution < 1.29 is 32.2 Å². The van der Waals surface area contributed by atoms with Crippen molar-refractivity contribution in [3.05, 3.63) is 53.7 Å². The number of urea groups is 1. The van der Waals surface area contributed by atoms with Crippen LogP contribution in [0.2, 0.25) is 0 Å². The molecule has 0 fully saturated rings. The zero-order valence-corrected chi connectivity index (χ0v) is 18.8. The van der Waals surface area contributed by atoms with Crippen molar-refractivity contribution in [3.63, 3.8) is 0 Å². The number of methoxy groups -OCH3 is 1. The molecule has 3 heterocycles. The number of nitrogens with one attached hydrogen (secondary N) is 3. The highest BCUT2D eigenvalue weighted by molar-refractivity contribution is 6.08. The Balaban J connectivity index is 1.56. The van der Waals surface area contributed by atoms with Crippen LogP contribution in [0.5, 0.6) is 5.75 Å². The SMILES string of the molecule is COCC(NC(=O)N1CC(=O)Nc2ccc(C3=CCNCC3)nc21)c1ccc(OC(F)(F)F)cc1. The number of fused-ring (bicyclic) bond motifs is 1. The highest BCUT2D eigenvalue weighted by atomic mass is 19.4. The van der Waals surface area contributed by atoms with Crippen LogP contribution in [0.1, 0.15) is 23.7 Å². The maximum Gasteiger partial charge on any atom is 0.573 e. The normalized spacial score (nSPS) is 16.6. The number of aromatic nitrogens is 1. The Morgan fingerprint density at radius 1 is 1.23 bits per heavy atom. The first-order valence-electron chi connectivity index (χ1n) is 10.9. The van der Waals surface area contributed by atoms with Crippen molar-refractivity contribution in [2.75, 3.05) is 43.6 Å². The molecule has 0 spiro atoms. The minimum atomic E-state index is -4.81. The van der Waals surface area contributed by atoms with Gasteiger partial charge in [-0.1, -0.05) is 18.2 Å². The second-order valence-corrected chi connectivity index (χ2v) is 7.96. The van der Waals surface area contributed by atoms with E-state index < -0.39 is 18.4 Å². The van der Waals surface area contributed by atoms with Crippen LogP contribution >= 0.6 is 0 Å². The van der Waals surface area contributed by atoms with E-state index in [1.165, 1.54) is 24.1 Å². The van der Waals surface area contributed by atoms with Gasteiger partial charge in [0.15, 0.2) is 5.82 Å². The monoisotopic (exact) mass is 491 g/mol. The zero-order valence-electron chi connectivity index (χ0n) is 18.8. The molecule has 35 heavy (non-hydrogen) atoms. The van der Waals surface area contributed by atoms with E-state index in [0.717, 1.165) is 37.2 Å².